The molecule has 4 aromatic rings. The Kier molecular flexibility index (Phi) is 3.31. The minimum atomic E-state index is 0.666. The van der Waals surface area contributed by atoms with E-state index in [1.54, 1.807) is 11.3 Å². The van der Waals surface area contributed by atoms with E-state index in [1.165, 1.54) is 11.1 Å². The number of oxazole rings is 1. The zero-order valence-electron chi connectivity index (χ0n) is 13.3. The first-order valence-corrected chi connectivity index (χ1v) is 8.42. The van der Waals surface area contributed by atoms with E-state index in [0.717, 1.165) is 27.4 Å². The highest BCUT2D eigenvalue weighted by atomic mass is 32.1. The Hall–Kier alpha value is -2.40. The van der Waals surface area contributed by atoms with Gasteiger partial charge in [-0.05, 0) is 55.5 Å². The van der Waals surface area contributed by atoms with Crippen molar-refractivity contribution < 1.29 is 4.42 Å². The number of thiophene rings is 1. The van der Waals surface area contributed by atoms with Crippen molar-refractivity contribution in [3.05, 3.63) is 58.6 Å². The third-order valence-corrected chi connectivity index (χ3v) is 5.04. The van der Waals surface area contributed by atoms with Gasteiger partial charge in [0, 0.05) is 0 Å². The second-order valence-corrected chi connectivity index (χ2v) is 6.74. The molecule has 0 saturated heterocycles. The van der Waals surface area contributed by atoms with E-state index >= 15 is 0 Å². The summed E-state index contributed by atoms with van der Waals surface area (Å²) in [7, 11) is 0. The molecule has 4 rings (SSSR count). The van der Waals surface area contributed by atoms with Crippen molar-refractivity contribution >= 4 is 22.4 Å². The maximum Gasteiger partial charge on any atom is 0.236 e. The first-order valence-electron chi connectivity index (χ1n) is 7.54. The number of hydrogen-bond donors (Lipinski definition) is 0. The number of hydrogen-bond acceptors (Lipinski definition) is 4. The second kappa shape index (κ2) is 5.35. The first kappa shape index (κ1) is 14.2. The van der Waals surface area contributed by atoms with Crippen LogP contribution in [0.5, 0.6) is 0 Å². The van der Waals surface area contributed by atoms with Crippen LogP contribution in [0.2, 0.25) is 0 Å². The first-order chi connectivity index (χ1) is 11.1. The van der Waals surface area contributed by atoms with Gasteiger partial charge < -0.3 is 8.98 Å². The largest absolute Gasteiger partial charge is 0.440 e. The molecule has 23 heavy (non-hydrogen) atoms. The van der Waals surface area contributed by atoms with Gasteiger partial charge in [0.15, 0.2) is 0 Å². The van der Waals surface area contributed by atoms with Crippen molar-refractivity contribution in [2.45, 2.75) is 27.3 Å². The molecule has 0 unspecified atom stereocenters. The number of aryl methyl sites for hydroxylation is 3. The molecule has 3 aromatic heterocycles. The molecular formula is C18H17N3OS. The molecule has 1 aromatic carbocycles. The fraction of sp³-hybridized carbons (Fsp3) is 0.222. The molecule has 0 aliphatic rings. The topological polar surface area (TPSA) is 43.9 Å². The second-order valence-electron chi connectivity index (χ2n) is 5.80. The summed E-state index contributed by atoms with van der Waals surface area (Å²) in [6.45, 7) is 6.87. The van der Waals surface area contributed by atoms with Gasteiger partial charge >= 0.3 is 0 Å². The molecule has 0 fully saturated rings. The Morgan fingerprint density at radius 2 is 2.00 bits per heavy atom. The van der Waals surface area contributed by atoms with Crippen LogP contribution in [0.25, 0.3) is 21.8 Å². The van der Waals surface area contributed by atoms with Crippen molar-refractivity contribution in [2.75, 3.05) is 0 Å². The van der Waals surface area contributed by atoms with Gasteiger partial charge in [-0.15, -0.1) is 11.3 Å². The van der Waals surface area contributed by atoms with Crippen LogP contribution < -0.4 is 0 Å². The molecule has 0 radical (unpaired) electrons. The summed E-state index contributed by atoms with van der Waals surface area (Å²) in [5.74, 6) is 1.56. The van der Waals surface area contributed by atoms with Gasteiger partial charge in [-0.3, -0.25) is 0 Å². The van der Waals surface area contributed by atoms with E-state index in [2.05, 4.69) is 40.5 Å². The van der Waals surface area contributed by atoms with Crippen LogP contribution in [0.1, 0.15) is 22.6 Å². The van der Waals surface area contributed by atoms with E-state index in [0.29, 0.717) is 12.4 Å². The molecule has 0 amide bonds. The van der Waals surface area contributed by atoms with E-state index in [-0.39, 0.29) is 0 Å². The summed E-state index contributed by atoms with van der Waals surface area (Å²) in [6.07, 6.45) is 1.88. The quantitative estimate of drug-likeness (QED) is 0.547. The minimum Gasteiger partial charge on any atom is -0.440 e. The number of aromatic nitrogens is 3. The van der Waals surface area contributed by atoms with Crippen LogP contribution >= 0.6 is 11.3 Å². The normalized spacial score (nSPS) is 11.4. The summed E-state index contributed by atoms with van der Waals surface area (Å²) < 4.78 is 7.96. The van der Waals surface area contributed by atoms with Gasteiger partial charge in [0.1, 0.15) is 11.5 Å². The molecule has 0 atom stereocenters. The monoisotopic (exact) mass is 323 g/mol. The average Bonchev–Trinajstić information content (AvgIpc) is 3.23. The van der Waals surface area contributed by atoms with Gasteiger partial charge in [-0.25, -0.2) is 9.97 Å². The molecule has 3 heterocycles. The zero-order chi connectivity index (χ0) is 16.0. The smallest absolute Gasteiger partial charge is 0.236 e. The molecule has 5 heteroatoms. The van der Waals surface area contributed by atoms with Gasteiger partial charge in [0.05, 0.1) is 28.8 Å². The predicted molar refractivity (Wildman–Crippen MR) is 92.9 cm³/mol. The molecular weight excluding hydrogens is 306 g/mol. The molecule has 0 aliphatic carbocycles. The Bertz CT molecular complexity index is 979. The van der Waals surface area contributed by atoms with Gasteiger partial charge in [-0.2, -0.15) is 0 Å². The number of nitrogens with zero attached hydrogens (tertiary/aromatic N) is 3. The van der Waals surface area contributed by atoms with Crippen molar-refractivity contribution in [3.8, 4) is 10.8 Å². The van der Waals surface area contributed by atoms with E-state index in [4.69, 9.17) is 4.42 Å². The highest BCUT2D eigenvalue weighted by molar-refractivity contribution is 7.13. The summed E-state index contributed by atoms with van der Waals surface area (Å²) in [5, 5.41) is 2.03. The van der Waals surface area contributed by atoms with Gasteiger partial charge in [0.2, 0.25) is 5.89 Å². The maximum absolute atomic E-state index is 5.83. The van der Waals surface area contributed by atoms with Crippen molar-refractivity contribution in [1.29, 1.82) is 0 Å². The highest BCUT2D eigenvalue weighted by Crippen LogP contribution is 2.27. The summed E-state index contributed by atoms with van der Waals surface area (Å²) in [5.41, 5.74) is 5.64. The Morgan fingerprint density at radius 1 is 1.17 bits per heavy atom. The standard InChI is InChI=1S/C18H17N3OS/c1-11-7-14-16(8-12(11)2)21(10-19-14)9-15-13(3)22-18(20-15)17-5-4-6-23-17/h4-8,10H,9H2,1-3H3. The summed E-state index contributed by atoms with van der Waals surface area (Å²) in [6, 6.07) is 8.35. The van der Waals surface area contributed by atoms with E-state index in [9.17, 15) is 0 Å². The summed E-state index contributed by atoms with van der Waals surface area (Å²) in [4.78, 5) is 10.2. The van der Waals surface area contributed by atoms with E-state index in [1.807, 2.05) is 30.8 Å². The molecule has 0 bridgehead atoms. The molecule has 0 spiro atoms. The minimum absolute atomic E-state index is 0.666. The lowest BCUT2D eigenvalue weighted by molar-refractivity contribution is 0.539. The predicted octanol–water partition coefficient (Wildman–Crippen LogP) is 4.73. The lowest BCUT2D eigenvalue weighted by Crippen LogP contribution is -2.00. The molecule has 0 aliphatic heterocycles. The zero-order valence-corrected chi connectivity index (χ0v) is 14.1. The molecule has 116 valence electrons. The molecule has 0 saturated carbocycles. The Labute approximate surface area is 138 Å². The number of fused-ring (bicyclic) bond motifs is 1. The van der Waals surface area contributed by atoms with Gasteiger partial charge in [0.25, 0.3) is 0 Å². The van der Waals surface area contributed by atoms with Crippen LogP contribution in [0.3, 0.4) is 0 Å². The van der Waals surface area contributed by atoms with Crippen molar-refractivity contribution in [3.63, 3.8) is 0 Å². The fourth-order valence-electron chi connectivity index (χ4n) is 2.68. The van der Waals surface area contributed by atoms with Gasteiger partial charge in [-0.1, -0.05) is 6.07 Å². The lowest BCUT2D eigenvalue weighted by Gasteiger charge is -2.04. The maximum atomic E-state index is 5.83. The van der Waals surface area contributed by atoms with Crippen LogP contribution in [0, 0.1) is 20.8 Å². The molecule has 0 N–H and O–H groups in total. The van der Waals surface area contributed by atoms with Crippen LogP contribution in [0.15, 0.2) is 40.4 Å². The Balaban J connectivity index is 1.72. The van der Waals surface area contributed by atoms with Crippen LogP contribution in [-0.2, 0) is 6.54 Å². The number of rotatable bonds is 3. The van der Waals surface area contributed by atoms with E-state index < -0.39 is 0 Å². The van der Waals surface area contributed by atoms with Crippen LogP contribution in [-0.4, -0.2) is 14.5 Å². The van der Waals surface area contributed by atoms with Crippen LogP contribution in [0.4, 0.5) is 0 Å². The third kappa shape index (κ3) is 2.47. The van der Waals surface area contributed by atoms with Crippen molar-refractivity contribution in [2.24, 2.45) is 0 Å². The third-order valence-electron chi connectivity index (χ3n) is 4.18. The lowest BCUT2D eigenvalue weighted by atomic mass is 10.1. The highest BCUT2D eigenvalue weighted by Gasteiger charge is 2.14. The Morgan fingerprint density at radius 3 is 2.78 bits per heavy atom. The summed E-state index contributed by atoms with van der Waals surface area (Å²) >= 11 is 1.64. The molecule has 4 nitrogen and oxygen atoms in total. The van der Waals surface area contributed by atoms with Crippen molar-refractivity contribution in [1.82, 2.24) is 14.5 Å². The SMILES string of the molecule is Cc1cc2ncn(Cc3nc(-c4cccs4)oc3C)c2cc1C. The fourth-order valence-corrected chi connectivity index (χ4v) is 3.33. The number of benzene rings is 1. The number of imidazole rings is 1. The average molecular weight is 323 g/mol.